The van der Waals surface area contributed by atoms with Gasteiger partial charge >= 0.3 is 0 Å². The van der Waals surface area contributed by atoms with Gasteiger partial charge in [0.2, 0.25) is 0 Å². The zero-order chi connectivity index (χ0) is 13.7. The number of likely N-dealkylation sites (tertiary alicyclic amines) is 1. The van der Waals surface area contributed by atoms with Crippen LogP contribution in [0.5, 0.6) is 5.75 Å². The van der Waals surface area contributed by atoms with Crippen molar-refractivity contribution in [1.82, 2.24) is 4.90 Å². The second-order valence-electron chi connectivity index (χ2n) is 4.92. The largest absolute Gasteiger partial charge is 0.496 e. The fraction of sp³-hybridized carbons (Fsp3) is 0.533. The standard InChI is InChI=1S/C15H20ClNO2/c1-19-15-6-5-12(16)11-13(15)14(18)7-10-17-8-3-2-4-9-17/h5-6,11H,2-4,7-10H2,1H3. The molecule has 0 unspecified atom stereocenters. The van der Waals surface area contributed by atoms with Crippen LogP contribution < -0.4 is 4.74 Å². The lowest BCUT2D eigenvalue weighted by Crippen LogP contribution is -2.31. The third-order valence-electron chi connectivity index (χ3n) is 3.57. The van der Waals surface area contributed by atoms with Crippen molar-refractivity contribution >= 4 is 17.4 Å². The van der Waals surface area contributed by atoms with Gasteiger partial charge in [0, 0.05) is 18.0 Å². The number of hydrogen-bond acceptors (Lipinski definition) is 3. The number of methoxy groups -OCH3 is 1. The van der Waals surface area contributed by atoms with Gasteiger partial charge < -0.3 is 9.64 Å². The van der Waals surface area contributed by atoms with Gasteiger partial charge in [0.15, 0.2) is 5.78 Å². The molecular formula is C15H20ClNO2. The minimum absolute atomic E-state index is 0.102. The molecule has 3 nitrogen and oxygen atoms in total. The van der Waals surface area contributed by atoms with Gasteiger partial charge in [-0.1, -0.05) is 18.0 Å². The predicted octanol–water partition coefficient (Wildman–Crippen LogP) is 3.41. The van der Waals surface area contributed by atoms with Crippen LogP contribution in [0.4, 0.5) is 0 Å². The number of Topliss-reactive ketones (excluding diaryl/α,β-unsaturated/α-hetero) is 1. The van der Waals surface area contributed by atoms with E-state index in [0.29, 0.717) is 22.8 Å². The van der Waals surface area contributed by atoms with E-state index in [1.165, 1.54) is 19.3 Å². The summed E-state index contributed by atoms with van der Waals surface area (Å²) in [6.07, 6.45) is 4.33. The lowest BCUT2D eigenvalue weighted by Gasteiger charge is -2.26. The van der Waals surface area contributed by atoms with E-state index in [0.717, 1.165) is 19.6 Å². The third kappa shape index (κ3) is 3.95. The number of piperidine rings is 1. The molecule has 0 bridgehead atoms. The number of carbonyl (C=O) groups is 1. The maximum Gasteiger partial charge on any atom is 0.167 e. The molecule has 0 aromatic heterocycles. The van der Waals surface area contributed by atoms with Crippen molar-refractivity contribution < 1.29 is 9.53 Å². The zero-order valence-corrected chi connectivity index (χ0v) is 12.1. The summed E-state index contributed by atoms with van der Waals surface area (Å²) in [6.45, 7) is 3.05. The Morgan fingerprint density at radius 2 is 2.05 bits per heavy atom. The molecule has 1 heterocycles. The summed E-state index contributed by atoms with van der Waals surface area (Å²) in [4.78, 5) is 14.6. The van der Waals surface area contributed by atoms with Crippen molar-refractivity contribution in [2.75, 3.05) is 26.7 Å². The SMILES string of the molecule is COc1ccc(Cl)cc1C(=O)CCN1CCCCC1. The van der Waals surface area contributed by atoms with E-state index in [9.17, 15) is 4.79 Å². The third-order valence-corrected chi connectivity index (χ3v) is 3.80. The van der Waals surface area contributed by atoms with Gasteiger partial charge in [0.05, 0.1) is 12.7 Å². The minimum Gasteiger partial charge on any atom is -0.496 e. The molecule has 0 atom stereocenters. The second kappa shape index (κ2) is 6.92. The van der Waals surface area contributed by atoms with Crippen molar-refractivity contribution in [3.63, 3.8) is 0 Å². The highest BCUT2D eigenvalue weighted by molar-refractivity contribution is 6.31. The maximum absolute atomic E-state index is 12.3. The molecule has 104 valence electrons. The summed E-state index contributed by atoms with van der Waals surface area (Å²) >= 11 is 5.95. The van der Waals surface area contributed by atoms with Crippen LogP contribution in [0, 0.1) is 0 Å². The Morgan fingerprint density at radius 3 is 2.74 bits per heavy atom. The normalized spacial score (nSPS) is 16.3. The lowest BCUT2D eigenvalue weighted by atomic mass is 10.1. The Balaban J connectivity index is 1.97. The van der Waals surface area contributed by atoms with Crippen molar-refractivity contribution in [1.29, 1.82) is 0 Å². The molecule has 1 saturated heterocycles. The van der Waals surface area contributed by atoms with Gasteiger partial charge in [-0.3, -0.25) is 4.79 Å². The molecule has 0 saturated carbocycles. The van der Waals surface area contributed by atoms with Crippen LogP contribution in [0.25, 0.3) is 0 Å². The van der Waals surface area contributed by atoms with Crippen molar-refractivity contribution in [2.45, 2.75) is 25.7 Å². The van der Waals surface area contributed by atoms with Gasteiger partial charge in [-0.05, 0) is 44.1 Å². The molecule has 0 N–H and O–H groups in total. The summed E-state index contributed by atoms with van der Waals surface area (Å²) in [7, 11) is 1.57. The first kappa shape index (κ1) is 14.4. The van der Waals surface area contributed by atoms with Gasteiger partial charge in [0.1, 0.15) is 5.75 Å². The van der Waals surface area contributed by atoms with Gasteiger partial charge in [-0.2, -0.15) is 0 Å². The summed E-state index contributed by atoms with van der Waals surface area (Å²) in [6, 6.07) is 5.18. The molecular weight excluding hydrogens is 262 g/mol. The highest BCUT2D eigenvalue weighted by atomic mass is 35.5. The molecule has 1 aromatic carbocycles. The van der Waals surface area contributed by atoms with Gasteiger partial charge in [-0.15, -0.1) is 0 Å². The summed E-state index contributed by atoms with van der Waals surface area (Å²) in [5.74, 6) is 0.706. The average Bonchev–Trinajstić information content (AvgIpc) is 2.46. The number of benzene rings is 1. The lowest BCUT2D eigenvalue weighted by molar-refractivity contribution is 0.0955. The Hall–Kier alpha value is -1.06. The molecule has 1 fully saturated rings. The summed E-state index contributed by atoms with van der Waals surface area (Å²) in [5, 5.41) is 0.571. The number of halogens is 1. The monoisotopic (exact) mass is 281 g/mol. The first-order valence-corrected chi connectivity index (χ1v) is 7.17. The van der Waals surface area contributed by atoms with Gasteiger partial charge in [0.25, 0.3) is 0 Å². The van der Waals surface area contributed by atoms with E-state index in [-0.39, 0.29) is 5.78 Å². The van der Waals surface area contributed by atoms with Crippen LogP contribution in [-0.2, 0) is 0 Å². The second-order valence-corrected chi connectivity index (χ2v) is 5.36. The van der Waals surface area contributed by atoms with E-state index < -0.39 is 0 Å². The van der Waals surface area contributed by atoms with E-state index >= 15 is 0 Å². The van der Waals surface area contributed by atoms with Gasteiger partial charge in [-0.25, -0.2) is 0 Å². The fourth-order valence-corrected chi connectivity index (χ4v) is 2.65. The number of hydrogen-bond donors (Lipinski definition) is 0. The van der Waals surface area contributed by atoms with E-state index in [1.54, 1.807) is 25.3 Å². The molecule has 2 rings (SSSR count). The summed E-state index contributed by atoms with van der Waals surface area (Å²) in [5.41, 5.74) is 0.590. The van der Waals surface area contributed by atoms with Crippen LogP contribution in [-0.4, -0.2) is 37.4 Å². The number of carbonyl (C=O) groups excluding carboxylic acids is 1. The van der Waals surface area contributed by atoms with Crippen LogP contribution in [0.2, 0.25) is 5.02 Å². The number of ketones is 1. The molecule has 0 spiro atoms. The van der Waals surface area contributed by atoms with E-state index in [2.05, 4.69) is 4.90 Å². The summed E-state index contributed by atoms with van der Waals surface area (Å²) < 4.78 is 5.22. The Bertz CT molecular complexity index is 442. The van der Waals surface area contributed by atoms with Crippen LogP contribution in [0.1, 0.15) is 36.0 Å². The highest BCUT2D eigenvalue weighted by Crippen LogP contribution is 2.24. The van der Waals surface area contributed by atoms with Crippen molar-refractivity contribution in [3.05, 3.63) is 28.8 Å². The molecule has 1 aliphatic heterocycles. The number of nitrogens with zero attached hydrogens (tertiary/aromatic N) is 1. The fourth-order valence-electron chi connectivity index (χ4n) is 2.48. The molecule has 0 radical (unpaired) electrons. The Labute approximate surface area is 119 Å². The smallest absolute Gasteiger partial charge is 0.167 e. The average molecular weight is 282 g/mol. The quantitative estimate of drug-likeness (QED) is 0.775. The molecule has 4 heteroatoms. The predicted molar refractivity (Wildman–Crippen MR) is 77.2 cm³/mol. The van der Waals surface area contributed by atoms with Crippen molar-refractivity contribution in [3.8, 4) is 5.75 Å². The topological polar surface area (TPSA) is 29.5 Å². The maximum atomic E-state index is 12.3. The minimum atomic E-state index is 0.102. The van der Waals surface area contributed by atoms with E-state index in [4.69, 9.17) is 16.3 Å². The van der Waals surface area contributed by atoms with Crippen LogP contribution >= 0.6 is 11.6 Å². The van der Waals surface area contributed by atoms with E-state index in [1.807, 2.05) is 0 Å². The van der Waals surface area contributed by atoms with Crippen molar-refractivity contribution in [2.24, 2.45) is 0 Å². The molecule has 0 aliphatic carbocycles. The van der Waals surface area contributed by atoms with Crippen LogP contribution in [0.15, 0.2) is 18.2 Å². The number of rotatable bonds is 5. The highest BCUT2D eigenvalue weighted by Gasteiger charge is 2.16. The van der Waals surface area contributed by atoms with Crippen LogP contribution in [0.3, 0.4) is 0 Å². The first-order valence-electron chi connectivity index (χ1n) is 6.80. The molecule has 0 amide bonds. The molecule has 1 aliphatic rings. The Morgan fingerprint density at radius 1 is 1.32 bits per heavy atom. The Kier molecular flexibility index (Phi) is 5.23. The zero-order valence-electron chi connectivity index (χ0n) is 11.3. The first-order chi connectivity index (χ1) is 9.20. The number of ether oxygens (including phenoxy) is 1. The molecule has 1 aromatic rings. The molecule has 19 heavy (non-hydrogen) atoms.